The fourth-order valence-corrected chi connectivity index (χ4v) is 4.37. The molecule has 1 spiro atoms. The van der Waals surface area contributed by atoms with E-state index in [2.05, 4.69) is 41.4 Å². The Bertz CT molecular complexity index is 490. The Morgan fingerprint density at radius 3 is 2.65 bits per heavy atom. The van der Waals surface area contributed by atoms with E-state index in [0.717, 1.165) is 0 Å². The molecule has 1 saturated heterocycles. The molecule has 0 bridgehead atoms. The van der Waals surface area contributed by atoms with Crippen LogP contribution < -0.4 is 10.2 Å². The Balaban J connectivity index is 0.00000121. The van der Waals surface area contributed by atoms with Gasteiger partial charge in [-0.3, -0.25) is 0 Å². The first-order valence-electron chi connectivity index (χ1n) is 7.76. The maximum absolute atomic E-state index is 3.53. The number of rotatable bonds is 2. The van der Waals surface area contributed by atoms with E-state index in [0.29, 0.717) is 10.8 Å². The number of halogens is 1. The normalized spacial score (nSPS) is 29.9. The summed E-state index contributed by atoms with van der Waals surface area (Å²) in [6.07, 6.45) is 5.53. The molecule has 0 radical (unpaired) electrons. The van der Waals surface area contributed by atoms with Gasteiger partial charge in [0.2, 0.25) is 0 Å². The minimum absolute atomic E-state index is 0. The summed E-state index contributed by atoms with van der Waals surface area (Å²) in [5.74, 6) is 0. The van der Waals surface area contributed by atoms with Crippen LogP contribution in [-0.2, 0) is 5.41 Å². The highest BCUT2D eigenvalue weighted by atomic mass is 35.5. The molecule has 2 fully saturated rings. The summed E-state index contributed by atoms with van der Waals surface area (Å²) in [5.41, 5.74) is 4.13. The van der Waals surface area contributed by atoms with Crippen molar-refractivity contribution in [3.8, 4) is 0 Å². The number of anilines is 1. The molecule has 110 valence electrons. The highest BCUT2D eigenvalue weighted by Crippen LogP contribution is 2.53. The fraction of sp³-hybridized carbons (Fsp3) is 0.647. The van der Waals surface area contributed by atoms with Crippen molar-refractivity contribution < 1.29 is 0 Å². The zero-order valence-electron chi connectivity index (χ0n) is 12.3. The summed E-state index contributed by atoms with van der Waals surface area (Å²) in [5, 5.41) is 3.53. The Morgan fingerprint density at radius 1 is 1.20 bits per heavy atom. The van der Waals surface area contributed by atoms with Crippen LogP contribution in [0.1, 0.15) is 38.2 Å². The molecule has 1 aromatic carbocycles. The molecule has 3 aliphatic rings. The second kappa shape index (κ2) is 4.92. The van der Waals surface area contributed by atoms with Crippen molar-refractivity contribution in [1.82, 2.24) is 5.32 Å². The lowest BCUT2D eigenvalue weighted by molar-refractivity contribution is 0.255. The molecule has 0 aromatic heterocycles. The largest absolute Gasteiger partial charge is 0.370 e. The van der Waals surface area contributed by atoms with Crippen LogP contribution in [0.2, 0.25) is 0 Å². The van der Waals surface area contributed by atoms with Crippen molar-refractivity contribution in [3.63, 3.8) is 0 Å². The van der Waals surface area contributed by atoms with E-state index in [-0.39, 0.29) is 12.4 Å². The van der Waals surface area contributed by atoms with Crippen LogP contribution in [0.3, 0.4) is 0 Å². The van der Waals surface area contributed by atoms with Crippen LogP contribution in [0.4, 0.5) is 5.69 Å². The van der Waals surface area contributed by atoms with Crippen LogP contribution in [0.15, 0.2) is 24.3 Å². The third-order valence-electron chi connectivity index (χ3n) is 5.65. The minimum Gasteiger partial charge on any atom is -0.370 e. The number of nitrogens with one attached hydrogen (secondary N) is 1. The number of fused-ring (bicyclic) bond motifs is 2. The summed E-state index contributed by atoms with van der Waals surface area (Å²) < 4.78 is 0. The second-order valence-corrected chi connectivity index (χ2v) is 7.24. The average molecular weight is 293 g/mol. The van der Waals surface area contributed by atoms with Gasteiger partial charge in [0.05, 0.1) is 0 Å². The number of nitrogens with zero attached hydrogens (tertiary/aromatic N) is 1. The van der Waals surface area contributed by atoms with E-state index in [9.17, 15) is 0 Å². The van der Waals surface area contributed by atoms with Gasteiger partial charge in [0.15, 0.2) is 0 Å². The van der Waals surface area contributed by atoms with Gasteiger partial charge in [-0.15, -0.1) is 12.4 Å². The maximum atomic E-state index is 3.53. The monoisotopic (exact) mass is 292 g/mol. The number of para-hydroxylation sites is 1. The number of hydrogen-bond donors (Lipinski definition) is 1. The Morgan fingerprint density at radius 2 is 2.00 bits per heavy atom. The molecule has 0 amide bonds. The summed E-state index contributed by atoms with van der Waals surface area (Å²) in [6.45, 7) is 7.30. The predicted octanol–water partition coefficient (Wildman–Crippen LogP) is 3.35. The Hall–Kier alpha value is -0.730. The Kier molecular flexibility index (Phi) is 3.50. The van der Waals surface area contributed by atoms with Crippen LogP contribution in [0.25, 0.3) is 0 Å². The zero-order valence-corrected chi connectivity index (χ0v) is 13.1. The first-order chi connectivity index (χ1) is 9.21. The molecule has 4 rings (SSSR count). The lowest BCUT2D eigenvalue weighted by Crippen LogP contribution is -2.43. The molecule has 2 heterocycles. The van der Waals surface area contributed by atoms with Crippen LogP contribution in [-0.4, -0.2) is 26.2 Å². The van der Waals surface area contributed by atoms with E-state index < -0.39 is 0 Å². The van der Waals surface area contributed by atoms with Crippen molar-refractivity contribution >= 4 is 18.1 Å². The standard InChI is InChI=1S/C17H24N2.ClH/c1-16(9-10-18-11-16)12-19-13-17(7-4-8-17)14-5-2-3-6-15(14)19;/h2-3,5-6,18H,4,7-13H2,1H3;1H. The number of hydrogen-bond acceptors (Lipinski definition) is 2. The molecular formula is C17H25ClN2. The molecule has 2 nitrogen and oxygen atoms in total. The molecule has 1 unspecified atom stereocenters. The lowest BCUT2D eigenvalue weighted by atomic mass is 9.66. The van der Waals surface area contributed by atoms with E-state index in [1.807, 2.05) is 0 Å². The third kappa shape index (κ3) is 2.05. The molecule has 1 aliphatic carbocycles. The van der Waals surface area contributed by atoms with Crippen molar-refractivity contribution in [3.05, 3.63) is 29.8 Å². The molecule has 20 heavy (non-hydrogen) atoms. The Labute approximate surface area is 128 Å². The minimum atomic E-state index is 0. The van der Waals surface area contributed by atoms with E-state index in [1.165, 1.54) is 57.5 Å². The van der Waals surface area contributed by atoms with Crippen molar-refractivity contribution in [2.24, 2.45) is 5.41 Å². The van der Waals surface area contributed by atoms with Crippen molar-refractivity contribution in [2.45, 2.75) is 38.0 Å². The average Bonchev–Trinajstić information content (AvgIpc) is 2.92. The van der Waals surface area contributed by atoms with Gasteiger partial charge in [-0.2, -0.15) is 0 Å². The van der Waals surface area contributed by atoms with Gasteiger partial charge in [0, 0.05) is 30.7 Å². The molecule has 1 N–H and O–H groups in total. The van der Waals surface area contributed by atoms with Crippen molar-refractivity contribution in [1.29, 1.82) is 0 Å². The fourth-order valence-electron chi connectivity index (χ4n) is 4.37. The molecule has 1 saturated carbocycles. The molecule has 3 heteroatoms. The third-order valence-corrected chi connectivity index (χ3v) is 5.65. The lowest BCUT2D eigenvalue weighted by Gasteiger charge is -2.40. The predicted molar refractivity (Wildman–Crippen MR) is 87.0 cm³/mol. The van der Waals surface area contributed by atoms with Gasteiger partial charge in [0.1, 0.15) is 0 Å². The highest BCUT2D eigenvalue weighted by Gasteiger charge is 2.47. The van der Waals surface area contributed by atoms with E-state index >= 15 is 0 Å². The summed E-state index contributed by atoms with van der Waals surface area (Å²) in [6, 6.07) is 9.15. The zero-order chi connectivity index (χ0) is 12.9. The highest BCUT2D eigenvalue weighted by molar-refractivity contribution is 5.85. The van der Waals surface area contributed by atoms with Gasteiger partial charge >= 0.3 is 0 Å². The summed E-state index contributed by atoms with van der Waals surface area (Å²) in [7, 11) is 0. The molecule has 2 aliphatic heterocycles. The van der Waals surface area contributed by atoms with Crippen molar-refractivity contribution in [2.75, 3.05) is 31.1 Å². The van der Waals surface area contributed by atoms with E-state index in [1.54, 1.807) is 5.56 Å². The molecular weight excluding hydrogens is 268 g/mol. The first kappa shape index (κ1) is 14.2. The van der Waals surface area contributed by atoms with E-state index in [4.69, 9.17) is 0 Å². The molecule has 1 aromatic rings. The topological polar surface area (TPSA) is 15.3 Å². The number of benzene rings is 1. The second-order valence-electron chi connectivity index (χ2n) is 7.24. The van der Waals surface area contributed by atoms with Gasteiger partial charge in [0.25, 0.3) is 0 Å². The van der Waals surface area contributed by atoms with Gasteiger partial charge in [-0.25, -0.2) is 0 Å². The van der Waals surface area contributed by atoms with Gasteiger partial charge in [-0.05, 0) is 42.9 Å². The van der Waals surface area contributed by atoms with Gasteiger partial charge < -0.3 is 10.2 Å². The summed E-state index contributed by atoms with van der Waals surface area (Å²) >= 11 is 0. The SMILES string of the molecule is CC1(CN2CC3(CCC3)c3ccccc32)CCNC1.Cl. The quantitative estimate of drug-likeness (QED) is 0.899. The van der Waals surface area contributed by atoms with Crippen LogP contribution in [0.5, 0.6) is 0 Å². The first-order valence-corrected chi connectivity index (χ1v) is 7.76. The van der Waals surface area contributed by atoms with Crippen LogP contribution >= 0.6 is 12.4 Å². The molecule has 1 atom stereocenters. The van der Waals surface area contributed by atoms with Crippen LogP contribution in [0, 0.1) is 5.41 Å². The summed E-state index contributed by atoms with van der Waals surface area (Å²) in [4.78, 5) is 2.68. The van der Waals surface area contributed by atoms with Gasteiger partial charge in [-0.1, -0.05) is 31.5 Å². The maximum Gasteiger partial charge on any atom is 0.0405 e. The smallest absolute Gasteiger partial charge is 0.0405 e.